The van der Waals surface area contributed by atoms with Crippen molar-refractivity contribution in [2.45, 2.75) is 51.0 Å². The zero-order chi connectivity index (χ0) is 17.8. The van der Waals surface area contributed by atoms with Gasteiger partial charge in [-0.1, -0.05) is 18.6 Å². The smallest absolute Gasteiger partial charge is 0.313 e. The largest absolute Gasteiger partial charge is 0.497 e. The van der Waals surface area contributed by atoms with Crippen LogP contribution in [0.1, 0.15) is 49.7 Å². The predicted molar refractivity (Wildman–Crippen MR) is 94.6 cm³/mol. The number of fused-ring (bicyclic) bond motifs is 4. The van der Waals surface area contributed by atoms with E-state index in [1.165, 1.54) is 29.4 Å². The molecule has 3 aliphatic carbocycles. The lowest BCUT2D eigenvalue weighted by atomic mass is 9.60. The Morgan fingerprint density at radius 2 is 2.08 bits per heavy atom. The molecule has 0 heterocycles. The van der Waals surface area contributed by atoms with E-state index >= 15 is 0 Å². The number of hydrogen-bond acceptors (Lipinski definition) is 4. The van der Waals surface area contributed by atoms with Crippen molar-refractivity contribution in [2.75, 3.05) is 14.2 Å². The van der Waals surface area contributed by atoms with Crippen molar-refractivity contribution >= 4 is 5.97 Å². The van der Waals surface area contributed by atoms with Gasteiger partial charge in [0.15, 0.2) is 0 Å². The van der Waals surface area contributed by atoms with Crippen molar-refractivity contribution in [3.05, 3.63) is 40.5 Å². The molecule has 1 fully saturated rings. The van der Waals surface area contributed by atoms with Crippen LogP contribution in [0.2, 0.25) is 0 Å². The van der Waals surface area contributed by atoms with Crippen molar-refractivity contribution < 1.29 is 19.4 Å². The predicted octanol–water partition coefficient (Wildman–Crippen LogP) is 3.38. The molecular formula is C21H26O4. The second kappa shape index (κ2) is 5.87. The summed E-state index contributed by atoms with van der Waals surface area (Å²) in [6.45, 7) is 2.17. The normalized spacial score (nSPS) is 33.4. The van der Waals surface area contributed by atoms with Crippen molar-refractivity contribution in [3.63, 3.8) is 0 Å². The monoisotopic (exact) mass is 342 g/mol. The fourth-order valence-electron chi connectivity index (χ4n) is 5.37. The molecule has 1 aromatic carbocycles. The summed E-state index contributed by atoms with van der Waals surface area (Å²) in [5.74, 6) is 0.684. The summed E-state index contributed by atoms with van der Waals surface area (Å²) >= 11 is 0. The first-order valence-electron chi connectivity index (χ1n) is 9.15. The highest BCUT2D eigenvalue weighted by molar-refractivity contribution is 5.78. The number of aliphatic hydroxyl groups excluding tert-OH is 1. The molecule has 1 aromatic rings. The molecular weight excluding hydrogens is 316 g/mol. The van der Waals surface area contributed by atoms with Crippen LogP contribution in [0.15, 0.2) is 29.3 Å². The highest BCUT2D eigenvalue weighted by Crippen LogP contribution is 2.58. The third-order valence-corrected chi connectivity index (χ3v) is 6.78. The number of ether oxygens (including phenoxy) is 2. The van der Waals surface area contributed by atoms with Crippen molar-refractivity contribution in [1.82, 2.24) is 0 Å². The van der Waals surface area contributed by atoms with Crippen molar-refractivity contribution in [2.24, 2.45) is 11.3 Å². The van der Waals surface area contributed by atoms with Crippen molar-refractivity contribution in [3.8, 4) is 5.75 Å². The van der Waals surface area contributed by atoms with Gasteiger partial charge in [-0.15, -0.1) is 0 Å². The Morgan fingerprint density at radius 3 is 2.80 bits per heavy atom. The highest BCUT2D eigenvalue weighted by Gasteiger charge is 2.51. The molecule has 4 rings (SSSR count). The number of carbonyl (C=O) groups is 1. The SMILES string of the molecule is COC(=O)[C@@H]1Cc2cc(OC)ccc2[C@H]2CC[C@@]3(C)C(=C12)CC[C@@H]3O. The maximum absolute atomic E-state index is 12.6. The minimum Gasteiger partial charge on any atom is -0.497 e. The van der Waals surface area contributed by atoms with E-state index in [1.807, 2.05) is 6.07 Å². The second-order valence-corrected chi connectivity index (χ2v) is 7.84. The molecule has 4 heteroatoms. The molecule has 0 spiro atoms. The number of hydrogen-bond donors (Lipinski definition) is 1. The maximum atomic E-state index is 12.6. The first kappa shape index (κ1) is 16.6. The van der Waals surface area contributed by atoms with Gasteiger partial charge in [0.25, 0.3) is 0 Å². The zero-order valence-corrected chi connectivity index (χ0v) is 15.2. The van der Waals surface area contributed by atoms with E-state index in [0.29, 0.717) is 6.42 Å². The molecule has 3 aliphatic rings. The van der Waals surface area contributed by atoms with Crippen LogP contribution >= 0.6 is 0 Å². The van der Waals surface area contributed by atoms with E-state index in [4.69, 9.17) is 9.47 Å². The van der Waals surface area contributed by atoms with Crippen LogP contribution in [0.5, 0.6) is 5.75 Å². The second-order valence-electron chi connectivity index (χ2n) is 7.84. The molecule has 0 unspecified atom stereocenters. The lowest BCUT2D eigenvalue weighted by Crippen LogP contribution is -2.38. The number of aliphatic hydroxyl groups is 1. The van der Waals surface area contributed by atoms with Crippen LogP contribution in [-0.2, 0) is 16.0 Å². The third kappa shape index (κ3) is 2.34. The van der Waals surface area contributed by atoms with Crippen LogP contribution in [0.25, 0.3) is 0 Å². The van der Waals surface area contributed by atoms with Gasteiger partial charge >= 0.3 is 5.97 Å². The topological polar surface area (TPSA) is 55.8 Å². The molecule has 1 saturated carbocycles. The van der Waals surface area contributed by atoms with Gasteiger partial charge in [0.2, 0.25) is 0 Å². The average Bonchev–Trinajstić information content (AvgIpc) is 2.94. The molecule has 1 N–H and O–H groups in total. The number of carbonyl (C=O) groups excluding carboxylic acids is 1. The summed E-state index contributed by atoms with van der Waals surface area (Å²) in [4.78, 5) is 12.6. The number of methoxy groups -OCH3 is 2. The molecule has 0 bridgehead atoms. The van der Waals surface area contributed by atoms with E-state index in [0.717, 1.165) is 31.4 Å². The number of benzene rings is 1. The van der Waals surface area contributed by atoms with E-state index in [1.54, 1.807) is 7.11 Å². The third-order valence-electron chi connectivity index (χ3n) is 6.78. The number of rotatable bonds is 2. The van der Waals surface area contributed by atoms with Gasteiger partial charge < -0.3 is 14.6 Å². The Bertz CT molecular complexity index is 750. The van der Waals surface area contributed by atoms with E-state index in [2.05, 4.69) is 19.1 Å². The Balaban J connectivity index is 1.89. The molecule has 0 amide bonds. The zero-order valence-electron chi connectivity index (χ0n) is 15.2. The first-order chi connectivity index (χ1) is 12.0. The van der Waals surface area contributed by atoms with E-state index in [-0.39, 0.29) is 29.3 Å². The van der Waals surface area contributed by atoms with Gasteiger partial charge in [0.1, 0.15) is 5.75 Å². The van der Waals surface area contributed by atoms with Crippen LogP contribution in [0, 0.1) is 11.3 Å². The van der Waals surface area contributed by atoms with E-state index < -0.39 is 0 Å². The van der Waals surface area contributed by atoms with Gasteiger partial charge in [-0.25, -0.2) is 0 Å². The Kier molecular flexibility index (Phi) is 3.91. The van der Waals surface area contributed by atoms with Crippen LogP contribution in [0.4, 0.5) is 0 Å². The van der Waals surface area contributed by atoms with E-state index in [9.17, 15) is 9.90 Å². The minimum atomic E-state index is -0.300. The van der Waals surface area contributed by atoms with Crippen LogP contribution < -0.4 is 4.74 Å². The summed E-state index contributed by atoms with van der Waals surface area (Å²) in [7, 11) is 3.14. The number of esters is 1. The van der Waals surface area contributed by atoms with Gasteiger partial charge in [-0.3, -0.25) is 4.79 Å². The maximum Gasteiger partial charge on any atom is 0.313 e. The molecule has 4 atom stereocenters. The minimum absolute atomic E-state index is 0.161. The molecule has 0 aliphatic heterocycles. The van der Waals surface area contributed by atoms with Crippen LogP contribution in [-0.4, -0.2) is 31.4 Å². The lowest BCUT2D eigenvalue weighted by Gasteiger charge is -2.44. The lowest BCUT2D eigenvalue weighted by molar-refractivity contribution is -0.144. The Morgan fingerprint density at radius 1 is 1.28 bits per heavy atom. The Labute approximate surface area is 148 Å². The summed E-state index contributed by atoms with van der Waals surface area (Å²) in [6, 6.07) is 6.22. The molecule has 4 nitrogen and oxygen atoms in total. The molecule has 25 heavy (non-hydrogen) atoms. The first-order valence-corrected chi connectivity index (χ1v) is 9.15. The molecule has 0 aromatic heterocycles. The fraction of sp³-hybridized carbons (Fsp3) is 0.571. The average molecular weight is 342 g/mol. The van der Waals surface area contributed by atoms with Gasteiger partial charge in [-0.05, 0) is 60.9 Å². The quantitative estimate of drug-likeness (QED) is 0.661. The Hall–Kier alpha value is -1.81. The van der Waals surface area contributed by atoms with Gasteiger partial charge in [-0.2, -0.15) is 0 Å². The standard InChI is InChI=1S/C21H26O4/c1-21-9-8-15-14-5-4-13(24-2)10-12(14)11-16(20(23)25-3)19(15)17(21)6-7-18(21)22/h4-5,10,15-16,18,22H,6-9,11H2,1-3H3/t15-,16-,18+,21+/m1/s1. The molecule has 0 saturated heterocycles. The summed E-state index contributed by atoms with van der Waals surface area (Å²) in [5, 5.41) is 10.6. The van der Waals surface area contributed by atoms with Crippen LogP contribution in [0.3, 0.4) is 0 Å². The summed E-state index contributed by atoms with van der Waals surface area (Å²) in [6.07, 6.45) is 3.98. The molecule has 0 radical (unpaired) electrons. The summed E-state index contributed by atoms with van der Waals surface area (Å²) < 4.78 is 10.5. The summed E-state index contributed by atoms with van der Waals surface area (Å²) in [5.41, 5.74) is 4.86. The fourth-order valence-corrected chi connectivity index (χ4v) is 5.37. The highest BCUT2D eigenvalue weighted by atomic mass is 16.5. The van der Waals surface area contributed by atoms with Gasteiger partial charge in [0, 0.05) is 11.3 Å². The molecule has 134 valence electrons. The van der Waals surface area contributed by atoms with Gasteiger partial charge in [0.05, 0.1) is 26.2 Å². The van der Waals surface area contributed by atoms with Crippen molar-refractivity contribution in [1.29, 1.82) is 0 Å².